The normalized spacial score (nSPS) is 10.3. The lowest BCUT2D eigenvalue weighted by atomic mass is 10.2. The lowest BCUT2D eigenvalue weighted by Gasteiger charge is -2.09. The lowest BCUT2D eigenvalue weighted by molar-refractivity contribution is 0.458. The second kappa shape index (κ2) is 6.89. The van der Waals surface area contributed by atoms with Gasteiger partial charge in [-0.05, 0) is 30.5 Å². The Balaban J connectivity index is 2.20. The van der Waals surface area contributed by atoms with Crippen molar-refractivity contribution in [3.05, 3.63) is 41.7 Å². The first-order chi connectivity index (χ1) is 9.75. The van der Waals surface area contributed by atoms with Crippen molar-refractivity contribution in [3.63, 3.8) is 0 Å². The molecule has 0 saturated heterocycles. The van der Waals surface area contributed by atoms with E-state index in [1.807, 2.05) is 25.2 Å². The molecule has 4 heteroatoms. The van der Waals surface area contributed by atoms with Crippen LogP contribution in [0.15, 0.2) is 30.3 Å². The van der Waals surface area contributed by atoms with Crippen molar-refractivity contribution in [2.75, 3.05) is 12.4 Å². The van der Waals surface area contributed by atoms with Crippen LogP contribution in [0.2, 0.25) is 0 Å². The number of rotatable bonds is 6. The highest BCUT2D eigenvalue weighted by atomic mass is 16.5. The molecule has 1 N–H and O–H groups in total. The van der Waals surface area contributed by atoms with Gasteiger partial charge in [-0.1, -0.05) is 26.0 Å². The van der Waals surface area contributed by atoms with E-state index in [1.54, 1.807) is 0 Å². The zero-order valence-electron chi connectivity index (χ0n) is 12.3. The Labute approximate surface area is 120 Å². The average Bonchev–Trinajstić information content (AvgIpc) is 2.48. The predicted molar refractivity (Wildman–Crippen MR) is 81.5 cm³/mol. The summed E-state index contributed by atoms with van der Waals surface area (Å²) in [5.74, 6) is 2.96. The molecule has 2 aromatic rings. The van der Waals surface area contributed by atoms with Crippen LogP contribution >= 0.6 is 0 Å². The van der Waals surface area contributed by atoms with Crippen LogP contribution in [0.1, 0.15) is 31.7 Å². The van der Waals surface area contributed by atoms with E-state index in [0.29, 0.717) is 5.88 Å². The zero-order chi connectivity index (χ0) is 14.4. The Bertz CT molecular complexity index is 552. The van der Waals surface area contributed by atoms with Gasteiger partial charge in [0.05, 0.1) is 0 Å². The molecule has 0 unspecified atom stereocenters. The third kappa shape index (κ3) is 3.70. The summed E-state index contributed by atoms with van der Waals surface area (Å²) in [5.41, 5.74) is 1.29. The van der Waals surface area contributed by atoms with Crippen molar-refractivity contribution in [1.29, 1.82) is 0 Å². The second-order valence-electron chi connectivity index (χ2n) is 4.61. The molecule has 0 saturated carbocycles. The first-order valence-electron chi connectivity index (χ1n) is 7.07. The summed E-state index contributed by atoms with van der Waals surface area (Å²) in [5, 5.41) is 3.04. The maximum atomic E-state index is 5.82. The fourth-order valence-electron chi connectivity index (χ4n) is 1.90. The molecule has 0 atom stereocenters. The summed E-state index contributed by atoms with van der Waals surface area (Å²) in [6, 6.07) is 9.90. The number of ether oxygens (including phenoxy) is 1. The molecule has 0 fully saturated rings. The number of nitrogens with one attached hydrogen (secondary N) is 1. The third-order valence-electron chi connectivity index (χ3n) is 3.03. The molecule has 0 spiro atoms. The first kappa shape index (κ1) is 14.3. The van der Waals surface area contributed by atoms with E-state index >= 15 is 0 Å². The summed E-state index contributed by atoms with van der Waals surface area (Å²) < 4.78 is 5.82. The van der Waals surface area contributed by atoms with E-state index < -0.39 is 0 Å². The lowest BCUT2D eigenvalue weighted by Crippen LogP contribution is -2.01. The molecule has 2 rings (SSSR count). The second-order valence-corrected chi connectivity index (χ2v) is 4.61. The van der Waals surface area contributed by atoms with Crippen LogP contribution in [0.4, 0.5) is 5.82 Å². The number of nitrogens with zero attached hydrogens (tertiary/aromatic N) is 2. The van der Waals surface area contributed by atoms with Gasteiger partial charge in [0.1, 0.15) is 17.4 Å². The highest BCUT2D eigenvalue weighted by Gasteiger charge is 2.05. The molecule has 0 aliphatic carbocycles. The number of benzene rings is 1. The standard InChI is InChI=1S/C16H21N3O/c1-4-6-14-18-15(17-3)11-16(19-14)20-13-9-7-12(5-2)8-10-13/h7-11H,4-6H2,1-3H3,(H,17,18,19). The Morgan fingerprint density at radius 3 is 2.45 bits per heavy atom. The number of aryl methyl sites for hydroxylation is 2. The smallest absolute Gasteiger partial charge is 0.224 e. The molecule has 4 nitrogen and oxygen atoms in total. The van der Waals surface area contributed by atoms with E-state index in [0.717, 1.165) is 36.7 Å². The fourth-order valence-corrected chi connectivity index (χ4v) is 1.90. The molecule has 0 bridgehead atoms. The van der Waals surface area contributed by atoms with Crippen LogP contribution in [0, 0.1) is 0 Å². The van der Waals surface area contributed by atoms with Gasteiger partial charge in [-0.15, -0.1) is 0 Å². The van der Waals surface area contributed by atoms with Gasteiger partial charge in [0.2, 0.25) is 5.88 Å². The topological polar surface area (TPSA) is 47.0 Å². The Kier molecular flexibility index (Phi) is 4.93. The summed E-state index contributed by atoms with van der Waals surface area (Å²) in [4.78, 5) is 8.84. The van der Waals surface area contributed by atoms with Crippen LogP contribution in [-0.2, 0) is 12.8 Å². The van der Waals surface area contributed by atoms with Crippen LogP contribution in [-0.4, -0.2) is 17.0 Å². The maximum Gasteiger partial charge on any atom is 0.224 e. The highest BCUT2D eigenvalue weighted by Crippen LogP contribution is 2.22. The van der Waals surface area contributed by atoms with Crippen molar-refractivity contribution >= 4 is 5.82 Å². The largest absolute Gasteiger partial charge is 0.439 e. The summed E-state index contributed by atoms with van der Waals surface area (Å²) >= 11 is 0. The number of anilines is 1. The van der Waals surface area contributed by atoms with E-state index in [4.69, 9.17) is 4.74 Å². The Morgan fingerprint density at radius 2 is 1.85 bits per heavy atom. The number of hydrogen-bond acceptors (Lipinski definition) is 4. The van der Waals surface area contributed by atoms with Gasteiger partial charge >= 0.3 is 0 Å². The molecule has 1 aromatic heterocycles. The van der Waals surface area contributed by atoms with E-state index in [1.165, 1.54) is 5.56 Å². The van der Waals surface area contributed by atoms with E-state index in [-0.39, 0.29) is 0 Å². The van der Waals surface area contributed by atoms with Gasteiger partial charge in [-0.2, -0.15) is 4.98 Å². The fraction of sp³-hybridized carbons (Fsp3) is 0.375. The molecule has 1 aromatic carbocycles. The predicted octanol–water partition coefficient (Wildman–Crippen LogP) is 3.83. The molecule has 0 aliphatic rings. The van der Waals surface area contributed by atoms with Gasteiger partial charge in [0, 0.05) is 19.5 Å². The summed E-state index contributed by atoms with van der Waals surface area (Å²) in [7, 11) is 1.85. The minimum Gasteiger partial charge on any atom is -0.439 e. The average molecular weight is 271 g/mol. The van der Waals surface area contributed by atoms with Crippen LogP contribution in [0.3, 0.4) is 0 Å². The van der Waals surface area contributed by atoms with Gasteiger partial charge < -0.3 is 10.1 Å². The Hall–Kier alpha value is -2.10. The van der Waals surface area contributed by atoms with Crippen LogP contribution in [0.5, 0.6) is 11.6 Å². The molecule has 0 radical (unpaired) electrons. The first-order valence-corrected chi connectivity index (χ1v) is 7.07. The van der Waals surface area contributed by atoms with E-state index in [9.17, 15) is 0 Å². The summed E-state index contributed by atoms with van der Waals surface area (Å²) in [6.45, 7) is 4.25. The van der Waals surface area contributed by atoms with Crippen molar-refractivity contribution in [2.24, 2.45) is 0 Å². The van der Waals surface area contributed by atoms with Gasteiger partial charge in [0.15, 0.2) is 0 Å². The molecule has 0 amide bonds. The quantitative estimate of drug-likeness (QED) is 0.867. The molecular formula is C16H21N3O. The zero-order valence-corrected chi connectivity index (χ0v) is 12.3. The van der Waals surface area contributed by atoms with E-state index in [2.05, 4.69) is 41.3 Å². The molecule has 0 aliphatic heterocycles. The minimum absolute atomic E-state index is 0.581. The van der Waals surface area contributed by atoms with Crippen molar-refractivity contribution in [1.82, 2.24) is 9.97 Å². The highest BCUT2D eigenvalue weighted by molar-refractivity contribution is 5.39. The molecule has 106 valence electrons. The molecular weight excluding hydrogens is 250 g/mol. The van der Waals surface area contributed by atoms with Crippen LogP contribution in [0.25, 0.3) is 0 Å². The third-order valence-corrected chi connectivity index (χ3v) is 3.03. The SMILES string of the molecule is CCCc1nc(NC)cc(Oc2ccc(CC)cc2)n1. The maximum absolute atomic E-state index is 5.82. The van der Waals surface area contributed by atoms with Gasteiger partial charge in [0.25, 0.3) is 0 Å². The van der Waals surface area contributed by atoms with Gasteiger partial charge in [-0.3, -0.25) is 0 Å². The van der Waals surface area contributed by atoms with Crippen molar-refractivity contribution < 1.29 is 4.74 Å². The number of aromatic nitrogens is 2. The van der Waals surface area contributed by atoms with Crippen LogP contribution < -0.4 is 10.1 Å². The van der Waals surface area contributed by atoms with Gasteiger partial charge in [-0.25, -0.2) is 4.98 Å². The minimum atomic E-state index is 0.581. The molecule has 20 heavy (non-hydrogen) atoms. The molecule has 1 heterocycles. The Morgan fingerprint density at radius 1 is 1.10 bits per heavy atom. The van der Waals surface area contributed by atoms with Crippen molar-refractivity contribution in [3.8, 4) is 11.6 Å². The monoisotopic (exact) mass is 271 g/mol. The summed E-state index contributed by atoms with van der Waals surface area (Å²) in [6.07, 6.45) is 2.89. The van der Waals surface area contributed by atoms with Crippen molar-refractivity contribution in [2.45, 2.75) is 33.1 Å². The number of hydrogen-bond donors (Lipinski definition) is 1.